The van der Waals surface area contributed by atoms with Gasteiger partial charge in [0.2, 0.25) is 5.91 Å². The van der Waals surface area contributed by atoms with E-state index in [1.165, 1.54) is 22.2 Å². The smallest absolute Gasteiger partial charge is 0.326 e. The van der Waals surface area contributed by atoms with E-state index in [4.69, 9.17) is 9.84 Å². The molecule has 8 nitrogen and oxygen atoms in total. The van der Waals surface area contributed by atoms with E-state index in [1.54, 1.807) is 13.8 Å². The largest absolute Gasteiger partial charge is 0.480 e. The second-order valence-electron chi connectivity index (χ2n) is 14.3. The average molecular weight is 634 g/mol. The van der Waals surface area contributed by atoms with Gasteiger partial charge < -0.3 is 14.7 Å². The normalized spacial score (nSPS) is 40.4. The van der Waals surface area contributed by atoms with Gasteiger partial charge >= 0.3 is 11.9 Å². The Morgan fingerprint density at radius 2 is 1.81 bits per heavy atom. The minimum atomic E-state index is -0.901. The molecule has 10 heteroatoms. The maximum absolute atomic E-state index is 12.2. The Morgan fingerprint density at radius 3 is 2.44 bits per heavy atom. The fourth-order valence-corrected chi connectivity index (χ4v) is 11.2. The van der Waals surface area contributed by atoms with Crippen molar-refractivity contribution in [3.05, 3.63) is 11.6 Å². The molecule has 2 heterocycles. The first-order chi connectivity index (χ1) is 20.3. The molecule has 0 radical (unpaired) electrons. The van der Waals surface area contributed by atoms with Crippen LogP contribution >= 0.6 is 24.4 Å². The Bertz CT molecular complexity index is 1220. The second kappa shape index (κ2) is 12.2. The molecule has 4 aliphatic carbocycles. The van der Waals surface area contributed by atoms with Crippen molar-refractivity contribution in [2.24, 2.45) is 34.5 Å². The lowest BCUT2D eigenvalue weighted by Crippen LogP contribution is -2.57. The summed E-state index contributed by atoms with van der Waals surface area (Å²) in [5.41, 5.74) is 1.09. The Balaban J connectivity index is 0.000000222. The van der Waals surface area contributed by atoms with Gasteiger partial charge in [-0.1, -0.05) is 38.1 Å². The minimum absolute atomic E-state index is 0.0119. The van der Waals surface area contributed by atoms with Gasteiger partial charge in [0.25, 0.3) is 0 Å². The number of fused-ring (bicyclic) bond motifs is 6. The molecule has 6 aliphatic rings. The number of thiol groups is 1. The lowest BCUT2D eigenvalue weighted by atomic mass is 9.46. The minimum Gasteiger partial charge on any atom is -0.480 e. The summed E-state index contributed by atoms with van der Waals surface area (Å²) >= 11 is 5.53. The molecule has 238 valence electrons. The first-order valence-electron chi connectivity index (χ1n) is 16.0. The van der Waals surface area contributed by atoms with Crippen LogP contribution in [0.2, 0.25) is 0 Å². The average Bonchev–Trinajstić information content (AvgIpc) is 3.67. The SMILES string of the molecule is CC(=O)S[C@@H]1CC2=CC(=O)CC[C@]2(C)[C@H]2CC[C@@]3(C)[C@@H](CC[C@@]34CCC(=O)O4)[C@H]12.C[C@H](CS)C(=O)N1CCC[C@H]1C(=O)O. The summed E-state index contributed by atoms with van der Waals surface area (Å²) in [7, 11) is 0. The summed E-state index contributed by atoms with van der Waals surface area (Å²) in [6.07, 6.45) is 11.4. The molecule has 43 heavy (non-hydrogen) atoms. The molecule has 1 spiro atoms. The number of aliphatic carboxylic acids is 1. The number of ketones is 1. The monoisotopic (exact) mass is 633 g/mol. The zero-order valence-electron chi connectivity index (χ0n) is 25.9. The molecule has 1 N–H and O–H groups in total. The number of carbonyl (C=O) groups excluding carboxylic acids is 4. The standard InChI is InChI=1S/C24H32O4S.C9H15NO3S/c1-14(25)29-19-13-15-12-16(26)4-8-22(15,2)17-5-9-23(3)18(21(17)19)6-10-24(23)11-7-20(27)28-24;1-6(5-14)8(11)10-4-2-3-7(10)9(12)13/h12,17-19,21H,4-11,13H2,1-3H3;6-7,14H,2-5H2,1H3,(H,12,13)/t17-,18-,19+,21+,22-,23-,24+;6-,7+/m01/s1. The van der Waals surface area contributed by atoms with Crippen molar-refractivity contribution in [2.75, 3.05) is 12.3 Å². The number of carboxylic acids is 1. The number of carboxylic acid groups (broad SMARTS) is 1. The van der Waals surface area contributed by atoms with Gasteiger partial charge in [0, 0.05) is 48.6 Å². The third-order valence-corrected chi connectivity index (χ3v) is 13.8. The maximum atomic E-state index is 12.2. The van der Waals surface area contributed by atoms with Crippen LogP contribution in [0.25, 0.3) is 0 Å². The van der Waals surface area contributed by atoms with Crippen LogP contribution in [0.5, 0.6) is 0 Å². The number of thioether (sulfide) groups is 1. The predicted octanol–water partition coefficient (Wildman–Crippen LogP) is 5.48. The number of rotatable bonds is 4. The van der Waals surface area contributed by atoms with Crippen molar-refractivity contribution in [3.63, 3.8) is 0 Å². The highest BCUT2D eigenvalue weighted by atomic mass is 32.2. The van der Waals surface area contributed by atoms with E-state index in [2.05, 4.69) is 26.5 Å². The molecule has 0 aromatic carbocycles. The van der Waals surface area contributed by atoms with Gasteiger partial charge in [0.15, 0.2) is 10.9 Å². The van der Waals surface area contributed by atoms with Crippen LogP contribution < -0.4 is 0 Å². The number of nitrogens with zero attached hydrogens (tertiary/aromatic N) is 1. The topological polar surface area (TPSA) is 118 Å². The molecular formula is C33H47NO7S2. The summed E-state index contributed by atoms with van der Waals surface area (Å²) < 4.78 is 6.06. The zero-order valence-corrected chi connectivity index (χ0v) is 27.6. The lowest BCUT2D eigenvalue weighted by molar-refractivity contribution is -0.167. The highest BCUT2D eigenvalue weighted by Gasteiger charge is 2.68. The number of allylic oxidation sites excluding steroid dienone is 1. The van der Waals surface area contributed by atoms with Gasteiger partial charge in [-0.05, 0) is 87.0 Å². The van der Waals surface area contributed by atoms with E-state index in [0.717, 1.165) is 51.4 Å². The maximum Gasteiger partial charge on any atom is 0.326 e. The molecule has 1 amide bonds. The molecule has 5 fully saturated rings. The van der Waals surface area contributed by atoms with E-state index >= 15 is 0 Å². The Kier molecular flexibility index (Phi) is 9.23. The van der Waals surface area contributed by atoms with Crippen LogP contribution in [0, 0.1) is 34.5 Å². The van der Waals surface area contributed by atoms with E-state index < -0.39 is 12.0 Å². The summed E-state index contributed by atoms with van der Waals surface area (Å²) in [4.78, 5) is 60.4. The summed E-state index contributed by atoms with van der Waals surface area (Å²) in [5.74, 6) is 0.942. The Labute approximate surface area is 264 Å². The summed E-state index contributed by atoms with van der Waals surface area (Å²) in [6, 6.07) is -0.621. The van der Waals surface area contributed by atoms with Gasteiger partial charge in [0.1, 0.15) is 11.6 Å². The third-order valence-electron chi connectivity index (χ3n) is 12.1. The molecule has 6 rings (SSSR count). The van der Waals surface area contributed by atoms with Crippen LogP contribution in [0.3, 0.4) is 0 Å². The fourth-order valence-electron chi connectivity index (χ4n) is 9.78. The molecule has 2 saturated heterocycles. The predicted molar refractivity (Wildman–Crippen MR) is 168 cm³/mol. The molecule has 0 unspecified atom stereocenters. The van der Waals surface area contributed by atoms with Gasteiger partial charge in [-0.25, -0.2) is 4.79 Å². The lowest BCUT2D eigenvalue weighted by Gasteiger charge is -2.61. The second-order valence-corrected chi connectivity index (χ2v) is 16.1. The van der Waals surface area contributed by atoms with Crippen molar-refractivity contribution in [1.82, 2.24) is 4.90 Å². The number of esters is 1. The molecule has 2 aliphatic heterocycles. The van der Waals surface area contributed by atoms with Crippen molar-refractivity contribution >= 4 is 53.1 Å². The van der Waals surface area contributed by atoms with Crippen LogP contribution in [0.15, 0.2) is 11.6 Å². The highest BCUT2D eigenvalue weighted by Crippen LogP contribution is 2.70. The van der Waals surface area contributed by atoms with Gasteiger partial charge in [-0.2, -0.15) is 12.6 Å². The Morgan fingerprint density at radius 1 is 1.09 bits per heavy atom. The molecular weight excluding hydrogens is 586 g/mol. The molecule has 0 aromatic rings. The van der Waals surface area contributed by atoms with Gasteiger partial charge in [0.05, 0.1) is 0 Å². The van der Waals surface area contributed by atoms with Gasteiger partial charge in [-0.15, -0.1) is 0 Å². The zero-order chi connectivity index (χ0) is 31.3. The van der Waals surface area contributed by atoms with E-state index in [9.17, 15) is 24.0 Å². The number of amides is 1. The molecule has 9 atom stereocenters. The quantitative estimate of drug-likeness (QED) is 0.309. The van der Waals surface area contributed by atoms with Crippen LogP contribution in [-0.2, 0) is 28.7 Å². The van der Waals surface area contributed by atoms with E-state index in [-0.39, 0.29) is 50.4 Å². The molecule has 3 saturated carbocycles. The highest BCUT2D eigenvalue weighted by molar-refractivity contribution is 8.14. The number of likely N-dealkylation sites (tertiary alicyclic amines) is 1. The van der Waals surface area contributed by atoms with Crippen LogP contribution in [0.1, 0.15) is 98.3 Å². The summed E-state index contributed by atoms with van der Waals surface area (Å²) in [6.45, 7) is 8.75. The number of ether oxygens (including phenoxy) is 1. The van der Waals surface area contributed by atoms with Crippen molar-refractivity contribution in [3.8, 4) is 0 Å². The number of hydrogen-bond acceptors (Lipinski definition) is 8. The Hall–Kier alpha value is -1.81. The number of carbonyl (C=O) groups is 5. The summed E-state index contributed by atoms with van der Waals surface area (Å²) in [5, 5.41) is 9.28. The van der Waals surface area contributed by atoms with Crippen molar-refractivity contribution in [1.29, 1.82) is 0 Å². The fraction of sp³-hybridized carbons (Fsp3) is 0.788. The molecule has 0 aromatic heterocycles. The van der Waals surface area contributed by atoms with Crippen LogP contribution in [0.4, 0.5) is 0 Å². The van der Waals surface area contributed by atoms with E-state index in [0.29, 0.717) is 49.3 Å². The third kappa shape index (κ3) is 5.61. The van der Waals surface area contributed by atoms with Crippen LogP contribution in [-0.4, -0.2) is 67.9 Å². The van der Waals surface area contributed by atoms with E-state index in [1.807, 2.05) is 6.08 Å². The van der Waals surface area contributed by atoms with Crippen molar-refractivity contribution < 1.29 is 33.8 Å². The first-order valence-corrected chi connectivity index (χ1v) is 17.5. The van der Waals surface area contributed by atoms with Gasteiger partial charge in [-0.3, -0.25) is 19.2 Å². The first kappa shape index (κ1) is 32.6. The number of hydrogen-bond donors (Lipinski definition) is 2. The molecule has 0 bridgehead atoms. The van der Waals surface area contributed by atoms with Crippen molar-refractivity contribution in [2.45, 2.75) is 115 Å².